The molecule has 1 aromatic heterocycles. The molecule has 0 bridgehead atoms. The number of aromatic nitrogens is 1. The quantitative estimate of drug-likeness (QED) is 0.776. The summed E-state index contributed by atoms with van der Waals surface area (Å²) in [5.41, 5.74) is 1.49. The molecule has 1 saturated heterocycles. The van der Waals surface area contributed by atoms with Crippen LogP contribution in [-0.4, -0.2) is 18.2 Å². The SMILES string of the molecule is Fc1ccc2c([C@H]3CCNC3)noc2c1. The fraction of sp³-hybridized carbons (Fsp3) is 0.364. The lowest BCUT2D eigenvalue weighted by molar-refractivity contribution is 0.437. The molecule has 0 amide bonds. The molecule has 3 rings (SSSR count). The Hall–Kier alpha value is -1.42. The van der Waals surface area contributed by atoms with Crippen molar-refractivity contribution in [3.8, 4) is 0 Å². The second-order valence-corrected chi connectivity index (χ2v) is 3.90. The predicted molar refractivity (Wildman–Crippen MR) is 54.2 cm³/mol. The number of nitrogens with one attached hydrogen (secondary N) is 1. The van der Waals surface area contributed by atoms with Crippen molar-refractivity contribution in [2.45, 2.75) is 12.3 Å². The van der Waals surface area contributed by atoms with Crippen LogP contribution < -0.4 is 5.32 Å². The fourth-order valence-electron chi connectivity index (χ4n) is 2.11. The van der Waals surface area contributed by atoms with Crippen molar-refractivity contribution < 1.29 is 8.91 Å². The largest absolute Gasteiger partial charge is 0.356 e. The molecule has 2 aromatic rings. The molecule has 1 atom stereocenters. The zero-order chi connectivity index (χ0) is 10.3. The summed E-state index contributed by atoms with van der Waals surface area (Å²) < 4.78 is 18.0. The first-order valence-corrected chi connectivity index (χ1v) is 5.10. The Labute approximate surface area is 86.2 Å². The molecule has 0 unspecified atom stereocenters. The van der Waals surface area contributed by atoms with Gasteiger partial charge in [0.25, 0.3) is 0 Å². The van der Waals surface area contributed by atoms with Gasteiger partial charge in [0.1, 0.15) is 5.82 Å². The summed E-state index contributed by atoms with van der Waals surface area (Å²) in [5, 5.41) is 8.25. The number of rotatable bonds is 1. The van der Waals surface area contributed by atoms with E-state index in [9.17, 15) is 4.39 Å². The maximum absolute atomic E-state index is 12.9. The summed E-state index contributed by atoms with van der Waals surface area (Å²) >= 11 is 0. The van der Waals surface area contributed by atoms with Crippen molar-refractivity contribution >= 4 is 11.0 Å². The van der Waals surface area contributed by atoms with Crippen molar-refractivity contribution in [3.63, 3.8) is 0 Å². The van der Waals surface area contributed by atoms with E-state index in [1.54, 1.807) is 6.07 Å². The summed E-state index contributed by atoms with van der Waals surface area (Å²) in [7, 11) is 0. The van der Waals surface area contributed by atoms with Crippen LogP contribution in [0.3, 0.4) is 0 Å². The topological polar surface area (TPSA) is 38.1 Å². The highest BCUT2D eigenvalue weighted by Crippen LogP contribution is 2.28. The first kappa shape index (κ1) is 8.85. The molecular weight excluding hydrogens is 195 g/mol. The summed E-state index contributed by atoms with van der Waals surface area (Å²) in [6.45, 7) is 1.94. The van der Waals surface area contributed by atoms with Crippen LogP contribution in [0.5, 0.6) is 0 Å². The van der Waals surface area contributed by atoms with Gasteiger partial charge in [0, 0.05) is 23.9 Å². The molecular formula is C11H11FN2O. The molecule has 1 N–H and O–H groups in total. The van der Waals surface area contributed by atoms with Gasteiger partial charge in [-0.25, -0.2) is 4.39 Å². The minimum Gasteiger partial charge on any atom is -0.356 e. The normalized spacial score (nSPS) is 21.3. The van der Waals surface area contributed by atoms with Crippen LogP contribution in [0.25, 0.3) is 11.0 Å². The summed E-state index contributed by atoms with van der Waals surface area (Å²) in [6.07, 6.45) is 1.07. The minimum atomic E-state index is -0.283. The van der Waals surface area contributed by atoms with Crippen LogP contribution in [0.4, 0.5) is 4.39 Å². The Morgan fingerprint density at radius 3 is 3.20 bits per heavy atom. The highest BCUT2D eigenvalue weighted by molar-refractivity contribution is 5.79. The van der Waals surface area contributed by atoms with Gasteiger partial charge in [0.15, 0.2) is 5.58 Å². The second-order valence-electron chi connectivity index (χ2n) is 3.90. The number of nitrogens with zero attached hydrogens (tertiary/aromatic N) is 1. The zero-order valence-electron chi connectivity index (χ0n) is 8.16. The molecule has 2 heterocycles. The Balaban J connectivity index is 2.11. The number of hydrogen-bond acceptors (Lipinski definition) is 3. The van der Waals surface area contributed by atoms with Crippen LogP contribution in [0.1, 0.15) is 18.0 Å². The molecule has 0 spiro atoms. The van der Waals surface area contributed by atoms with Gasteiger partial charge in [-0.05, 0) is 25.1 Å². The lowest BCUT2D eigenvalue weighted by Gasteiger charge is -2.02. The Morgan fingerprint density at radius 1 is 1.47 bits per heavy atom. The lowest BCUT2D eigenvalue weighted by atomic mass is 10.0. The molecule has 78 valence electrons. The molecule has 1 aromatic carbocycles. The van der Waals surface area contributed by atoms with E-state index in [0.717, 1.165) is 30.6 Å². The van der Waals surface area contributed by atoms with Gasteiger partial charge in [0.05, 0.1) is 5.69 Å². The third kappa shape index (κ3) is 1.41. The van der Waals surface area contributed by atoms with Gasteiger partial charge in [-0.1, -0.05) is 5.16 Å². The van der Waals surface area contributed by atoms with Gasteiger partial charge < -0.3 is 9.84 Å². The Bertz CT molecular complexity index is 488. The average molecular weight is 206 g/mol. The van der Waals surface area contributed by atoms with E-state index < -0.39 is 0 Å². The van der Waals surface area contributed by atoms with Gasteiger partial charge >= 0.3 is 0 Å². The standard InChI is InChI=1S/C11H11FN2O/c12-8-1-2-9-10(5-8)15-14-11(9)7-3-4-13-6-7/h1-2,5,7,13H,3-4,6H2/t7-/m0/s1. The third-order valence-corrected chi connectivity index (χ3v) is 2.91. The number of hydrogen-bond donors (Lipinski definition) is 1. The zero-order valence-corrected chi connectivity index (χ0v) is 8.16. The third-order valence-electron chi connectivity index (χ3n) is 2.91. The van der Waals surface area contributed by atoms with E-state index in [-0.39, 0.29) is 5.82 Å². The smallest absolute Gasteiger partial charge is 0.170 e. The highest BCUT2D eigenvalue weighted by atomic mass is 19.1. The lowest BCUT2D eigenvalue weighted by Crippen LogP contribution is -2.08. The number of benzene rings is 1. The van der Waals surface area contributed by atoms with Crippen molar-refractivity contribution in [1.82, 2.24) is 10.5 Å². The predicted octanol–water partition coefficient (Wildman–Crippen LogP) is 2.04. The van der Waals surface area contributed by atoms with Gasteiger partial charge in [0.2, 0.25) is 0 Å². The first-order chi connectivity index (χ1) is 7.34. The molecule has 0 radical (unpaired) electrons. The average Bonchev–Trinajstić information content (AvgIpc) is 2.82. The van der Waals surface area contributed by atoms with Crippen LogP contribution in [0, 0.1) is 5.82 Å². The van der Waals surface area contributed by atoms with Crippen LogP contribution >= 0.6 is 0 Å². The van der Waals surface area contributed by atoms with E-state index in [2.05, 4.69) is 10.5 Å². The van der Waals surface area contributed by atoms with Crippen LogP contribution in [-0.2, 0) is 0 Å². The number of fused-ring (bicyclic) bond motifs is 1. The second kappa shape index (κ2) is 3.31. The van der Waals surface area contributed by atoms with E-state index in [1.165, 1.54) is 12.1 Å². The van der Waals surface area contributed by atoms with Gasteiger partial charge in [-0.3, -0.25) is 0 Å². The summed E-state index contributed by atoms with van der Waals surface area (Å²) in [5.74, 6) is 0.117. The molecule has 0 aliphatic carbocycles. The van der Waals surface area contributed by atoms with E-state index in [1.807, 2.05) is 0 Å². The Morgan fingerprint density at radius 2 is 2.40 bits per heavy atom. The van der Waals surface area contributed by atoms with Crippen molar-refractivity contribution in [2.24, 2.45) is 0 Å². The van der Waals surface area contributed by atoms with Gasteiger partial charge in [-0.2, -0.15) is 0 Å². The first-order valence-electron chi connectivity index (χ1n) is 5.10. The molecule has 0 saturated carbocycles. The van der Waals surface area contributed by atoms with Gasteiger partial charge in [-0.15, -0.1) is 0 Å². The fourth-order valence-corrected chi connectivity index (χ4v) is 2.11. The molecule has 1 aliphatic rings. The van der Waals surface area contributed by atoms with Crippen molar-refractivity contribution in [2.75, 3.05) is 13.1 Å². The highest BCUT2D eigenvalue weighted by Gasteiger charge is 2.22. The molecule has 3 nitrogen and oxygen atoms in total. The molecule has 1 aliphatic heterocycles. The molecule has 4 heteroatoms. The van der Waals surface area contributed by atoms with Crippen molar-refractivity contribution in [1.29, 1.82) is 0 Å². The molecule has 15 heavy (non-hydrogen) atoms. The number of halogens is 1. The van der Waals surface area contributed by atoms with E-state index in [0.29, 0.717) is 11.5 Å². The van der Waals surface area contributed by atoms with Crippen LogP contribution in [0.2, 0.25) is 0 Å². The monoisotopic (exact) mass is 206 g/mol. The maximum Gasteiger partial charge on any atom is 0.170 e. The minimum absolute atomic E-state index is 0.283. The summed E-state index contributed by atoms with van der Waals surface area (Å²) in [6, 6.07) is 4.58. The Kier molecular flexibility index (Phi) is 1.95. The van der Waals surface area contributed by atoms with E-state index in [4.69, 9.17) is 4.52 Å². The van der Waals surface area contributed by atoms with E-state index >= 15 is 0 Å². The van der Waals surface area contributed by atoms with Crippen LogP contribution in [0.15, 0.2) is 22.7 Å². The summed E-state index contributed by atoms with van der Waals surface area (Å²) in [4.78, 5) is 0. The molecule has 1 fully saturated rings. The van der Waals surface area contributed by atoms with Crippen molar-refractivity contribution in [3.05, 3.63) is 29.7 Å². The maximum atomic E-state index is 12.9.